The second-order valence-corrected chi connectivity index (χ2v) is 7.65. The van der Waals surface area contributed by atoms with Crippen LogP contribution in [0.1, 0.15) is 29.5 Å². The van der Waals surface area contributed by atoms with Gasteiger partial charge in [0.05, 0.1) is 38.0 Å². The maximum absolute atomic E-state index is 13.4. The summed E-state index contributed by atoms with van der Waals surface area (Å²) in [4.78, 5) is 20.8. The van der Waals surface area contributed by atoms with Gasteiger partial charge in [-0.05, 0) is 30.8 Å². The van der Waals surface area contributed by atoms with Gasteiger partial charge in [0.15, 0.2) is 4.77 Å². The fourth-order valence-corrected chi connectivity index (χ4v) is 4.19. The van der Waals surface area contributed by atoms with E-state index >= 15 is 0 Å². The van der Waals surface area contributed by atoms with Crippen LogP contribution >= 0.6 is 12.2 Å². The van der Waals surface area contributed by atoms with E-state index in [9.17, 15) is 4.79 Å². The molecule has 0 bridgehead atoms. The molecule has 1 unspecified atom stereocenters. The van der Waals surface area contributed by atoms with Crippen LogP contribution in [0.2, 0.25) is 0 Å². The summed E-state index contributed by atoms with van der Waals surface area (Å²) in [5.41, 5.74) is 9.43. The molecular weight excluding hydrogens is 440 g/mol. The summed E-state index contributed by atoms with van der Waals surface area (Å²) < 4.78 is 16.8. The minimum absolute atomic E-state index is 0.217. The van der Waals surface area contributed by atoms with Gasteiger partial charge < -0.3 is 30.2 Å². The largest absolute Gasteiger partial charge is 0.497 e. The highest BCUT2D eigenvalue weighted by molar-refractivity contribution is 7.71. The van der Waals surface area contributed by atoms with Crippen molar-refractivity contribution < 1.29 is 19.0 Å². The van der Waals surface area contributed by atoms with E-state index in [-0.39, 0.29) is 11.4 Å². The third-order valence-electron chi connectivity index (χ3n) is 5.40. The maximum atomic E-state index is 13.4. The van der Waals surface area contributed by atoms with Crippen molar-refractivity contribution in [3.63, 3.8) is 0 Å². The molecule has 0 saturated heterocycles. The molecule has 4 N–H and O–H groups in total. The second-order valence-electron chi connectivity index (χ2n) is 7.26. The van der Waals surface area contributed by atoms with E-state index in [0.717, 1.165) is 5.56 Å². The topological polar surface area (TPSA) is 111 Å². The Labute approximate surface area is 196 Å². The molecular formula is C24H24N4O4S. The standard InChI is InChI=1S/C24H24N4O4S/c1-4-32-23(29)18-17(15-11-10-14(30-2)12-16(15)31-3)19-21(25)27-24(33)28-22(19)26-20(18)13-8-6-5-7-9-13/h5-12,17H,4H2,1-3H3,(H4,25,26,27,28,33). The number of nitrogen functional groups attached to an aromatic ring is 1. The van der Waals surface area contributed by atoms with Crippen molar-refractivity contribution >= 4 is 35.5 Å². The fourth-order valence-electron chi connectivity index (χ4n) is 3.99. The number of rotatable bonds is 6. The SMILES string of the molecule is CCOC(=O)C1=C(c2ccccc2)Nc2nc(=S)[nH]c(N)c2C1c1ccc(OC)cc1OC. The molecule has 1 aliphatic rings. The molecule has 1 aliphatic heterocycles. The molecule has 33 heavy (non-hydrogen) atoms. The van der Waals surface area contributed by atoms with Crippen molar-refractivity contribution in [1.82, 2.24) is 9.97 Å². The first-order valence-electron chi connectivity index (χ1n) is 10.3. The van der Waals surface area contributed by atoms with Gasteiger partial charge in [0, 0.05) is 17.2 Å². The van der Waals surface area contributed by atoms with Crippen molar-refractivity contribution in [3.8, 4) is 11.5 Å². The number of H-pyrrole nitrogens is 1. The number of fused-ring (bicyclic) bond motifs is 1. The molecule has 0 radical (unpaired) electrons. The van der Waals surface area contributed by atoms with E-state index in [1.54, 1.807) is 33.3 Å². The molecule has 0 fully saturated rings. The number of benzene rings is 2. The third-order valence-corrected chi connectivity index (χ3v) is 5.59. The Bertz CT molecular complexity index is 1290. The number of hydrogen-bond acceptors (Lipinski definition) is 8. The molecule has 0 amide bonds. The lowest BCUT2D eigenvalue weighted by atomic mass is 9.80. The smallest absolute Gasteiger partial charge is 0.337 e. The van der Waals surface area contributed by atoms with Crippen molar-refractivity contribution in [2.75, 3.05) is 31.9 Å². The van der Waals surface area contributed by atoms with Gasteiger partial charge in [0.25, 0.3) is 0 Å². The number of esters is 1. The average molecular weight is 465 g/mol. The quantitative estimate of drug-likeness (QED) is 0.366. The number of carbonyl (C=O) groups excluding carboxylic acids is 1. The van der Waals surface area contributed by atoms with E-state index in [4.69, 9.17) is 32.2 Å². The summed E-state index contributed by atoms with van der Waals surface area (Å²) >= 11 is 5.26. The van der Waals surface area contributed by atoms with Crippen molar-refractivity contribution in [2.24, 2.45) is 0 Å². The zero-order valence-corrected chi connectivity index (χ0v) is 19.3. The predicted octanol–water partition coefficient (Wildman–Crippen LogP) is 4.27. The average Bonchev–Trinajstić information content (AvgIpc) is 2.83. The van der Waals surface area contributed by atoms with Crippen LogP contribution < -0.4 is 20.5 Å². The lowest BCUT2D eigenvalue weighted by Crippen LogP contribution is -2.27. The highest BCUT2D eigenvalue weighted by atomic mass is 32.1. The summed E-state index contributed by atoms with van der Waals surface area (Å²) in [5, 5.41) is 3.28. The normalized spacial score (nSPS) is 14.8. The molecule has 2 aromatic carbocycles. The summed E-state index contributed by atoms with van der Waals surface area (Å²) in [7, 11) is 3.14. The Morgan fingerprint density at radius 3 is 2.58 bits per heavy atom. The van der Waals surface area contributed by atoms with Crippen LogP contribution in [-0.4, -0.2) is 36.8 Å². The maximum Gasteiger partial charge on any atom is 0.337 e. The zero-order valence-electron chi connectivity index (χ0n) is 18.5. The molecule has 0 aliphatic carbocycles. The first kappa shape index (κ1) is 22.3. The fraction of sp³-hybridized carbons (Fsp3) is 0.208. The lowest BCUT2D eigenvalue weighted by molar-refractivity contribution is -0.138. The summed E-state index contributed by atoms with van der Waals surface area (Å²) in [5.74, 6) is 0.798. The molecule has 4 rings (SSSR count). The molecule has 2 heterocycles. The Morgan fingerprint density at radius 1 is 1.15 bits per heavy atom. The number of hydrogen-bond donors (Lipinski definition) is 3. The molecule has 3 aromatic rings. The molecule has 1 aromatic heterocycles. The van der Waals surface area contributed by atoms with Gasteiger partial charge in [-0.25, -0.2) is 9.78 Å². The van der Waals surface area contributed by atoms with Crippen molar-refractivity contribution in [2.45, 2.75) is 12.8 Å². The Hall–Kier alpha value is -3.85. The minimum Gasteiger partial charge on any atom is -0.497 e. The van der Waals surface area contributed by atoms with E-state index < -0.39 is 11.9 Å². The number of ether oxygens (including phenoxy) is 3. The molecule has 8 nitrogen and oxygen atoms in total. The van der Waals surface area contributed by atoms with Gasteiger partial charge in [-0.15, -0.1) is 0 Å². The summed E-state index contributed by atoms with van der Waals surface area (Å²) in [6.07, 6.45) is 0. The monoisotopic (exact) mass is 464 g/mol. The predicted molar refractivity (Wildman–Crippen MR) is 129 cm³/mol. The van der Waals surface area contributed by atoms with Gasteiger partial charge in [-0.3, -0.25) is 0 Å². The van der Waals surface area contributed by atoms with Crippen LogP contribution in [0.15, 0.2) is 54.1 Å². The number of aromatic nitrogens is 2. The van der Waals surface area contributed by atoms with Crippen LogP contribution in [0, 0.1) is 4.77 Å². The minimum atomic E-state index is -0.643. The van der Waals surface area contributed by atoms with Crippen molar-refractivity contribution in [1.29, 1.82) is 0 Å². The van der Waals surface area contributed by atoms with Gasteiger partial charge in [-0.1, -0.05) is 36.4 Å². The van der Waals surface area contributed by atoms with Gasteiger partial charge in [0.2, 0.25) is 0 Å². The Morgan fingerprint density at radius 2 is 1.91 bits per heavy atom. The Balaban J connectivity index is 2.08. The van der Waals surface area contributed by atoms with Crippen LogP contribution in [0.3, 0.4) is 0 Å². The van der Waals surface area contributed by atoms with E-state index in [2.05, 4.69) is 15.3 Å². The number of aromatic amines is 1. The van der Waals surface area contributed by atoms with Crippen LogP contribution in [0.5, 0.6) is 11.5 Å². The van der Waals surface area contributed by atoms with Crippen LogP contribution in [0.4, 0.5) is 11.6 Å². The summed E-state index contributed by atoms with van der Waals surface area (Å²) in [6.45, 7) is 1.98. The van der Waals surface area contributed by atoms with E-state index in [1.165, 1.54) is 0 Å². The molecule has 0 spiro atoms. The van der Waals surface area contributed by atoms with Crippen LogP contribution in [0.25, 0.3) is 5.70 Å². The number of anilines is 2. The molecule has 1 atom stereocenters. The zero-order chi connectivity index (χ0) is 23.5. The summed E-state index contributed by atoms with van der Waals surface area (Å²) in [6, 6.07) is 14.9. The second kappa shape index (κ2) is 9.33. The van der Waals surface area contributed by atoms with Gasteiger partial charge >= 0.3 is 5.97 Å². The molecule has 0 saturated carbocycles. The van der Waals surface area contributed by atoms with E-state index in [0.29, 0.717) is 45.5 Å². The van der Waals surface area contributed by atoms with Crippen molar-refractivity contribution in [3.05, 3.63) is 75.6 Å². The molecule has 170 valence electrons. The van der Waals surface area contributed by atoms with Gasteiger partial charge in [0.1, 0.15) is 23.1 Å². The first-order valence-corrected chi connectivity index (χ1v) is 10.7. The lowest BCUT2D eigenvalue weighted by Gasteiger charge is -2.32. The van der Waals surface area contributed by atoms with Crippen LogP contribution in [-0.2, 0) is 9.53 Å². The number of nitrogens with zero attached hydrogens (tertiary/aromatic N) is 1. The number of nitrogens with two attached hydrogens (primary N) is 1. The highest BCUT2D eigenvalue weighted by Crippen LogP contribution is 2.48. The first-order chi connectivity index (χ1) is 16.0. The highest BCUT2D eigenvalue weighted by Gasteiger charge is 2.39. The van der Waals surface area contributed by atoms with Gasteiger partial charge in [-0.2, -0.15) is 0 Å². The number of nitrogens with one attached hydrogen (secondary N) is 2. The Kier molecular flexibility index (Phi) is 6.32. The third kappa shape index (κ3) is 4.14. The van der Waals surface area contributed by atoms with E-state index in [1.807, 2.05) is 36.4 Å². The number of carbonyl (C=O) groups is 1. The molecule has 9 heteroatoms. The number of methoxy groups -OCH3 is 2.